The SMILES string of the molecule is [C-]#[N+]c1cc(-[n+]2nncn2-c2c(-c3ccccc3)cccc2-c2ccccc2)[c-]cc1C.[Ir]. The van der Waals surface area contributed by atoms with Crippen molar-refractivity contribution >= 4 is 5.69 Å². The quantitative estimate of drug-likeness (QED) is 0.200. The number of rotatable bonds is 4. The van der Waals surface area contributed by atoms with E-state index in [4.69, 9.17) is 6.57 Å². The van der Waals surface area contributed by atoms with Gasteiger partial charge in [-0.3, -0.25) is 4.85 Å². The molecule has 1 radical (unpaired) electrons. The van der Waals surface area contributed by atoms with Crippen molar-refractivity contribution in [3.63, 3.8) is 0 Å². The maximum absolute atomic E-state index is 7.48. The Bertz CT molecular complexity index is 1380. The van der Waals surface area contributed by atoms with Crippen LogP contribution in [0.5, 0.6) is 0 Å². The fraction of sp³-hybridized carbons (Fsp3) is 0.0370. The van der Waals surface area contributed by atoms with Crippen molar-refractivity contribution in [1.82, 2.24) is 15.0 Å². The zero-order chi connectivity index (χ0) is 21.9. The molecule has 5 rings (SSSR count). The average Bonchev–Trinajstić information content (AvgIpc) is 3.34. The van der Waals surface area contributed by atoms with E-state index in [9.17, 15) is 0 Å². The molecule has 1 heterocycles. The van der Waals surface area contributed by atoms with Gasteiger partial charge < -0.3 is 0 Å². The van der Waals surface area contributed by atoms with Gasteiger partial charge in [0, 0.05) is 31.2 Å². The van der Waals surface area contributed by atoms with E-state index in [1.807, 2.05) is 54.1 Å². The molecule has 5 aromatic rings. The van der Waals surface area contributed by atoms with Crippen molar-refractivity contribution in [3.8, 4) is 33.6 Å². The summed E-state index contributed by atoms with van der Waals surface area (Å²) in [5, 5.41) is 8.53. The second-order valence-corrected chi connectivity index (χ2v) is 7.39. The molecule has 0 saturated carbocycles. The molecule has 0 amide bonds. The van der Waals surface area contributed by atoms with Crippen LogP contribution in [0.4, 0.5) is 5.69 Å². The molecule has 33 heavy (non-hydrogen) atoms. The van der Waals surface area contributed by atoms with Gasteiger partial charge in [0.1, 0.15) is 5.69 Å². The Morgan fingerprint density at radius 3 is 2.06 bits per heavy atom. The van der Waals surface area contributed by atoms with E-state index in [0.29, 0.717) is 11.4 Å². The first kappa shape index (κ1) is 22.3. The Morgan fingerprint density at radius 1 is 0.879 bits per heavy atom. The Morgan fingerprint density at radius 2 is 1.48 bits per heavy atom. The predicted octanol–water partition coefficient (Wildman–Crippen LogP) is 5.53. The average molecular weight is 606 g/mol. The molecule has 0 aliphatic heterocycles. The van der Waals surface area contributed by atoms with Gasteiger partial charge >= 0.3 is 0 Å². The minimum atomic E-state index is 0. The molecule has 5 nitrogen and oxygen atoms in total. The minimum absolute atomic E-state index is 0. The molecule has 0 N–H and O–H groups in total. The Balaban J connectivity index is 0.00000259. The standard InChI is InChI=1S/C27H19N5.Ir/c1-20-16-17-23(18-26(20)28-2)32-30-29-19-31(32)27-24(21-10-5-3-6-11-21)14-9-15-25(27)22-12-7-4-8-13-22;/h3-16,18-19H,1H3;. The zero-order valence-electron chi connectivity index (χ0n) is 17.8. The van der Waals surface area contributed by atoms with Gasteiger partial charge in [-0.05, 0) is 15.9 Å². The molecule has 1 aromatic heterocycles. The molecule has 0 saturated heterocycles. The van der Waals surface area contributed by atoms with Crippen molar-refractivity contribution < 1.29 is 24.9 Å². The topological polar surface area (TPSA) is 39.0 Å². The van der Waals surface area contributed by atoms with Crippen molar-refractivity contribution in [2.24, 2.45) is 0 Å². The van der Waals surface area contributed by atoms with Gasteiger partial charge in [0.15, 0.2) is 5.21 Å². The molecule has 6 heteroatoms. The third-order valence-electron chi connectivity index (χ3n) is 5.39. The van der Waals surface area contributed by atoms with Crippen molar-refractivity contribution in [2.75, 3.05) is 0 Å². The molecule has 0 aliphatic rings. The third kappa shape index (κ3) is 4.25. The summed E-state index contributed by atoms with van der Waals surface area (Å²) < 4.78 is 1.92. The minimum Gasteiger partial charge on any atom is -0.264 e. The first-order valence-electron chi connectivity index (χ1n) is 10.2. The van der Waals surface area contributed by atoms with Crippen LogP contribution in [0, 0.1) is 19.6 Å². The van der Waals surface area contributed by atoms with Crippen LogP contribution >= 0.6 is 0 Å². The molecule has 4 aromatic carbocycles. The molecule has 0 bridgehead atoms. The fourth-order valence-electron chi connectivity index (χ4n) is 3.80. The van der Waals surface area contributed by atoms with Gasteiger partial charge in [0.05, 0.1) is 23.0 Å². The summed E-state index contributed by atoms with van der Waals surface area (Å²) in [5.41, 5.74) is 7.35. The van der Waals surface area contributed by atoms with Crippen LogP contribution in [-0.4, -0.2) is 15.0 Å². The normalized spacial score (nSPS) is 10.3. The van der Waals surface area contributed by atoms with Crippen molar-refractivity contribution in [2.45, 2.75) is 6.92 Å². The summed E-state index contributed by atoms with van der Waals surface area (Å²) in [5.74, 6) is 0. The van der Waals surface area contributed by atoms with Crippen molar-refractivity contribution in [1.29, 1.82) is 0 Å². The van der Waals surface area contributed by atoms with Crippen LogP contribution in [0.1, 0.15) is 5.56 Å². The summed E-state index contributed by atoms with van der Waals surface area (Å²) >= 11 is 0. The predicted molar refractivity (Wildman–Crippen MR) is 124 cm³/mol. The Labute approximate surface area is 206 Å². The number of benzene rings is 4. The van der Waals surface area contributed by atoms with Crippen LogP contribution < -0.4 is 4.80 Å². The van der Waals surface area contributed by atoms with Crippen LogP contribution in [0.25, 0.3) is 38.5 Å². The summed E-state index contributed by atoms with van der Waals surface area (Å²) in [6.07, 6.45) is 1.69. The number of aromatic nitrogens is 4. The first-order chi connectivity index (χ1) is 15.8. The van der Waals surface area contributed by atoms with E-state index in [0.717, 1.165) is 33.5 Å². The summed E-state index contributed by atoms with van der Waals surface area (Å²) in [6, 6.07) is 33.6. The van der Waals surface area contributed by atoms with E-state index < -0.39 is 0 Å². The van der Waals surface area contributed by atoms with Gasteiger partial charge in [-0.25, -0.2) is 0 Å². The van der Waals surface area contributed by atoms with Crippen LogP contribution in [-0.2, 0) is 20.1 Å². The van der Waals surface area contributed by atoms with Crippen molar-refractivity contribution in [3.05, 3.63) is 120 Å². The molecular formula is C27H19IrN5. The van der Waals surface area contributed by atoms with Crippen LogP contribution in [0.3, 0.4) is 0 Å². The largest absolute Gasteiger partial charge is 0.277 e. The Hall–Kier alpha value is -3.91. The van der Waals surface area contributed by atoms with E-state index >= 15 is 0 Å². The molecule has 0 atom stereocenters. The van der Waals surface area contributed by atoms with E-state index in [2.05, 4.69) is 63.7 Å². The number of tetrazole rings is 1. The molecule has 0 unspecified atom stereocenters. The summed E-state index contributed by atoms with van der Waals surface area (Å²) in [7, 11) is 0. The number of aryl methyl sites for hydroxylation is 1. The van der Waals surface area contributed by atoms with Crippen LogP contribution in [0.2, 0.25) is 0 Å². The monoisotopic (exact) mass is 606 g/mol. The summed E-state index contributed by atoms with van der Waals surface area (Å²) in [6.45, 7) is 9.38. The Kier molecular flexibility index (Phi) is 6.55. The smallest absolute Gasteiger partial charge is 0.264 e. The molecule has 161 valence electrons. The maximum atomic E-state index is 7.48. The molecule has 0 aliphatic carbocycles. The summed E-state index contributed by atoms with van der Waals surface area (Å²) in [4.78, 5) is 5.32. The number of nitrogens with zero attached hydrogens (tertiary/aromatic N) is 5. The third-order valence-corrected chi connectivity index (χ3v) is 5.39. The van der Waals surface area contributed by atoms with E-state index in [1.54, 1.807) is 17.2 Å². The molecular weight excluding hydrogens is 587 g/mol. The second-order valence-electron chi connectivity index (χ2n) is 7.39. The zero-order valence-corrected chi connectivity index (χ0v) is 20.2. The fourth-order valence-corrected chi connectivity index (χ4v) is 3.80. The van der Waals surface area contributed by atoms with Gasteiger partial charge in [-0.2, -0.15) is 11.6 Å². The molecule has 0 spiro atoms. The maximum Gasteiger partial charge on any atom is 0.277 e. The van der Waals surface area contributed by atoms with Crippen LogP contribution in [0.15, 0.2) is 97.3 Å². The van der Waals surface area contributed by atoms with Gasteiger partial charge in [-0.1, -0.05) is 85.8 Å². The second kappa shape index (κ2) is 9.70. The van der Waals surface area contributed by atoms with E-state index in [1.165, 1.54) is 0 Å². The van der Waals surface area contributed by atoms with E-state index in [-0.39, 0.29) is 20.1 Å². The number of hydrogen-bond acceptors (Lipinski definition) is 2. The number of hydrogen-bond donors (Lipinski definition) is 0. The number of para-hydroxylation sites is 1. The van der Waals surface area contributed by atoms with Gasteiger partial charge in [0.2, 0.25) is 0 Å². The van der Waals surface area contributed by atoms with Gasteiger partial charge in [0.25, 0.3) is 6.33 Å². The van der Waals surface area contributed by atoms with Gasteiger partial charge in [-0.15, -0.1) is 16.8 Å². The first-order valence-corrected chi connectivity index (χ1v) is 10.2. The molecule has 0 fully saturated rings.